The number of hydrogen-bond donors (Lipinski definition) is 1. The number of nitro groups is 1. The van der Waals surface area contributed by atoms with Crippen molar-refractivity contribution in [1.29, 1.82) is 0 Å². The Labute approximate surface area is 182 Å². The molecule has 0 aliphatic heterocycles. The summed E-state index contributed by atoms with van der Waals surface area (Å²) in [4.78, 5) is 23.4. The molecule has 0 saturated heterocycles. The number of nitrogens with zero attached hydrogens (tertiary/aromatic N) is 3. The van der Waals surface area contributed by atoms with E-state index in [2.05, 4.69) is 26.3 Å². The lowest BCUT2D eigenvalue weighted by Gasteiger charge is -2.14. The number of aryl methyl sites for hydroxylation is 2. The van der Waals surface area contributed by atoms with Crippen LogP contribution < -0.4 is 10.1 Å². The van der Waals surface area contributed by atoms with Crippen LogP contribution in [-0.2, 0) is 11.3 Å². The van der Waals surface area contributed by atoms with Crippen molar-refractivity contribution >= 4 is 33.2 Å². The van der Waals surface area contributed by atoms with E-state index in [1.54, 1.807) is 30.1 Å². The molecule has 1 amide bonds. The quantitative estimate of drug-likeness (QED) is 0.374. The molecule has 0 saturated carbocycles. The van der Waals surface area contributed by atoms with Gasteiger partial charge in [-0.3, -0.25) is 19.6 Å². The summed E-state index contributed by atoms with van der Waals surface area (Å²) in [5, 5.41) is 18.2. The Bertz CT molecular complexity index is 1100. The van der Waals surface area contributed by atoms with Gasteiger partial charge in [0.05, 0.1) is 39.8 Å². The van der Waals surface area contributed by atoms with E-state index in [4.69, 9.17) is 4.74 Å². The first-order valence-corrected chi connectivity index (χ1v) is 10.0. The third-order valence-electron chi connectivity index (χ3n) is 4.45. The van der Waals surface area contributed by atoms with E-state index < -0.39 is 10.8 Å². The second kappa shape index (κ2) is 9.08. The fourth-order valence-electron chi connectivity index (χ4n) is 2.83. The van der Waals surface area contributed by atoms with Crippen LogP contribution in [0, 0.1) is 29.9 Å². The molecule has 0 aliphatic rings. The minimum atomic E-state index is -0.518. The Morgan fingerprint density at radius 2 is 2.07 bits per heavy atom. The Kier molecular flexibility index (Phi) is 6.51. The summed E-state index contributed by atoms with van der Waals surface area (Å²) >= 11 is 3.32. The summed E-state index contributed by atoms with van der Waals surface area (Å²) in [6, 6.07) is 9.95. The van der Waals surface area contributed by atoms with E-state index in [1.807, 2.05) is 32.0 Å². The highest BCUT2D eigenvalue weighted by atomic mass is 79.9. The van der Waals surface area contributed by atoms with Crippen molar-refractivity contribution in [2.24, 2.45) is 5.92 Å². The molecule has 0 spiro atoms. The van der Waals surface area contributed by atoms with Gasteiger partial charge in [0.1, 0.15) is 11.5 Å². The minimum Gasteiger partial charge on any atom is -0.457 e. The van der Waals surface area contributed by atoms with E-state index in [1.165, 1.54) is 12.1 Å². The highest BCUT2D eigenvalue weighted by Crippen LogP contribution is 2.32. The number of rotatable bonds is 7. The summed E-state index contributed by atoms with van der Waals surface area (Å²) in [5.41, 5.74) is 2.03. The van der Waals surface area contributed by atoms with Crippen molar-refractivity contribution in [3.8, 4) is 11.5 Å². The zero-order valence-corrected chi connectivity index (χ0v) is 18.3. The SMILES string of the molecule is Cc1ccc(C)c(Oc2cc(NC(=O)C(C)Cn3cc(Br)cn3)cc([N+](=O)[O-])c2)c1. The first-order chi connectivity index (χ1) is 14.2. The van der Waals surface area contributed by atoms with Crippen LogP contribution in [0.3, 0.4) is 0 Å². The maximum Gasteiger partial charge on any atom is 0.275 e. The number of anilines is 1. The lowest BCUT2D eigenvalue weighted by Crippen LogP contribution is -2.24. The lowest BCUT2D eigenvalue weighted by molar-refractivity contribution is -0.384. The molecular weight excluding hydrogens is 452 g/mol. The van der Waals surface area contributed by atoms with Crippen molar-refractivity contribution < 1.29 is 14.5 Å². The number of ether oxygens (including phenoxy) is 1. The van der Waals surface area contributed by atoms with Crippen molar-refractivity contribution in [3.63, 3.8) is 0 Å². The van der Waals surface area contributed by atoms with Crippen LogP contribution in [-0.4, -0.2) is 20.6 Å². The number of benzene rings is 2. The van der Waals surface area contributed by atoms with E-state index in [9.17, 15) is 14.9 Å². The number of halogens is 1. The van der Waals surface area contributed by atoms with Crippen molar-refractivity contribution in [2.45, 2.75) is 27.3 Å². The fourth-order valence-corrected chi connectivity index (χ4v) is 3.16. The fraction of sp³-hybridized carbons (Fsp3) is 0.238. The van der Waals surface area contributed by atoms with Crippen LogP contribution in [0.25, 0.3) is 0 Å². The van der Waals surface area contributed by atoms with Gasteiger partial charge in [0.25, 0.3) is 5.69 Å². The van der Waals surface area contributed by atoms with E-state index in [0.717, 1.165) is 15.6 Å². The van der Waals surface area contributed by atoms with Gasteiger partial charge in [-0.2, -0.15) is 5.10 Å². The van der Waals surface area contributed by atoms with Gasteiger partial charge in [0, 0.05) is 18.3 Å². The summed E-state index contributed by atoms with van der Waals surface area (Å²) in [7, 11) is 0. The molecule has 1 atom stereocenters. The number of nitrogens with one attached hydrogen (secondary N) is 1. The van der Waals surface area contributed by atoms with Crippen molar-refractivity contribution in [2.75, 3.05) is 5.32 Å². The van der Waals surface area contributed by atoms with Crippen LogP contribution in [0.4, 0.5) is 11.4 Å². The Hall–Kier alpha value is -3.20. The van der Waals surface area contributed by atoms with Gasteiger partial charge in [-0.25, -0.2) is 0 Å². The van der Waals surface area contributed by atoms with Crippen LogP contribution in [0.5, 0.6) is 11.5 Å². The molecule has 1 aromatic heterocycles. The molecule has 156 valence electrons. The Morgan fingerprint density at radius 1 is 1.30 bits per heavy atom. The number of amides is 1. The molecule has 8 nitrogen and oxygen atoms in total. The van der Waals surface area contributed by atoms with E-state index >= 15 is 0 Å². The van der Waals surface area contributed by atoms with Gasteiger partial charge >= 0.3 is 0 Å². The zero-order valence-electron chi connectivity index (χ0n) is 16.8. The van der Waals surface area contributed by atoms with Gasteiger partial charge in [-0.15, -0.1) is 0 Å². The van der Waals surface area contributed by atoms with E-state index in [-0.39, 0.29) is 17.3 Å². The van der Waals surface area contributed by atoms with Crippen LogP contribution in [0.15, 0.2) is 53.3 Å². The molecule has 1 unspecified atom stereocenters. The molecule has 0 aliphatic carbocycles. The van der Waals surface area contributed by atoms with Crippen LogP contribution >= 0.6 is 15.9 Å². The Balaban J connectivity index is 1.80. The average molecular weight is 473 g/mol. The molecular formula is C21H21BrN4O4. The lowest BCUT2D eigenvalue weighted by atomic mass is 10.1. The number of aromatic nitrogens is 2. The normalized spacial score (nSPS) is 11.7. The first kappa shape index (κ1) is 21.5. The van der Waals surface area contributed by atoms with Crippen LogP contribution in [0.2, 0.25) is 0 Å². The first-order valence-electron chi connectivity index (χ1n) is 9.24. The molecule has 0 radical (unpaired) electrons. The average Bonchev–Trinajstić information content (AvgIpc) is 3.09. The summed E-state index contributed by atoms with van der Waals surface area (Å²) in [6.07, 6.45) is 3.41. The Morgan fingerprint density at radius 3 is 2.73 bits per heavy atom. The molecule has 9 heteroatoms. The zero-order chi connectivity index (χ0) is 21.8. The van der Waals surface area contributed by atoms with Gasteiger partial charge in [0.2, 0.25) is 5.91 Å². The highest BCUT2D eigenvalue weighted by molar-refractivity contribution is 9.10. The minimum absolute atomic E-state index is 0.170. The predicted molar refractivity (Wildman–Crippen MR) is 117 cm³/mol. The largest absolute Gasteiger partial charge is 0.457 e. The molecule has 1 N–H and O–H groups in total. The van der Waals surface area contributed by atoms with Gasteiger partial charge < -0.3 is 10.1 Å². The summed E-state index contributed by atoms with van der Waals surface area (Å²) < 4.78 is 8.36. The second-order valence-corrected chi connectivity index (χ2v) is 8.03. The third kappa shape index (κ3) is 5.44. The predicted octanol–water partition coefficient (Wildman–Crippen LogP) is 5.24. The molecule has 1 heterocycles. The molecule has 30 heavy (non-hydrogen) atoms. The smallest absolute Gasteiger partial charge is 0.275 e. The number of non-ortho nitro benzene ring substituents is 1. The topological polar surface area (TPSA) is 99.3 Å². The maximum absolute atomic E-state index is 12.6. The monoisotopic (exact) mass is 472 g/mol. The molecule has 3 rings (SSSR count). The second-order valence-electron chi connectivity index (χ2n) is 7.11. The molecule has 3 aromatic rings. The summed E-state index contributed by atoms with van der Waals surface area (Å²) in [5.74, 6) is 0.196. The molecule has 2 aromatic carbocycles. The van der Waals surface area contributed by atoms with E-state index in [0.29, 0.717) is 18.0 Å². The number of carbonyl (C=O) groups excluding carboxylic acids is 1. The third-order valence-corrected chi connectivity index (χ3v) is 4.86. The van der Waals surface area contributed by atoms with Gasteiger partial charge in [-0.1, -0.05) is 19.1 Å². The number of hydrogen-bond acceptors (Lipinski definition) is 5. The van der Waals surface area contributed by atoms with Gasteiger partial charge in [-0.05, 0) is 47.0 Å². The van der Waals surface area contributed by atoms with Crippen molar-refractivity contribution in [1.82, 2.24) is 9.78 Å². The van der Waals surface area contributed by atoms with Crippen molar-refractivity contribution in [3.05, 3.63) is 74.5 Å². The highest BCUT2D eigenvalue weighted by Gasteiger charge is 2.18. The molecule has 0 fully saturated rings. The number of carbonyl (C=O) groups is 1. The van der Waals surface area contributed by atoms with Gasteiger partial charge in [0.15, 0.2) is 0 Å². The molecule has 0 bridgehead atoms. The maximum atomic E-state index is 12.6. The van der Waals surface area contributed by atoms with Crippen LogP contribution in [0.1, 0.15) is 18.1 Å². The summed E-state index contributed by atoms with van der Waals surface area (Å²) in [6.45, 7) is 5.96. The standard InChI is InChI=1S/C21H21BrN4O4/c1-13-4-5-14(2)20(6-13)30-19-8-17(7-18(9-19)26(28)29)24-21(27)15(3)11-25-12-16(22)10-23-25/h4-10,12,15H,11H2,1-3H3,(H,24,27). The number of nitro benzene ring substituents is 1.